The molecular weight excluding hydrogens is 503 g/mol. The van der Waals surface area contributed by atoms with Gasteiger partial charge in [-0.2, -0.15) is 13.2 Å². The average molecular weight is 522 g/mol. The van der Waals surface area contributed by atoms with Crippen LogP contribution in [0, 0.1) is 0 Å². The predicted molar refractivity (Wildman–Crippen MR) is 126 cm³/mol. The van der Waals surface area contributed by atoms with E-state index in [-0.39, 0.29) is 0 Å². The number of fused-ring (bicyclic) bond motifs is 3. The number of aromatic hydroxyl groups is 1. The van der Waals surface area contributed by atoms with Crippen LogP contribution in [0.4, 0.5) is 13.2 Å². The third-order valence-corrected chi connectivity index (χ3v) is 7.70. The molecule has 0 fully saturated rings. The summed E-state index contributed by atoms with van der Waals surface area (Å²) in [6.07, 6.45) is -3.40. The standard InChI is InChI=1S/C24H19ClF3N3O3S/c1-13(24(26,27)28)29-12-31(30-9-8-18(32)22(33)21(30)23(29)34)20-16-7-6-15(25)10-14(16)11-35-19-5-3-2-4-17(19)20/h2-10,13,20,33H,11-12H2,1H3/t13-,20+/m1/s1. The number of alkyl halides is 3. The van der Waals surface area contributed by atoms with Crippen LogP contribution in [-0.2, 0) is 5.75 Å². The second kappa shape index (κ2) is 8.53. The van der Waals surface area contributed by atoms with Crippen LogP contribution in [0.15, 0.2) is 64.4 Å². The Kier molecular flexibility index (Phi) is 5.76. The number of hydrogen-bond acceptors (Lipinski definition) is 5. The molecule has 0 aliphatic carbocycles. The molecule has 0 saturated carbocycles. The van der Waals surface area contributed by atoms with E-state index in [1.165, 1.54) is 10.9 Å². The summed E-state index contributed by atoms with van der Waals surface area (Å²) in [5.41, 5.74) is 1.14. The lowest BCUT2D eigenvalue weighted by Crippen LogP contribution is -2.60. The number of aromatic nitrogens is 1. The average Bonchev–Trinajstić information content (AvgIpc) is 2.97. The fourth-order valence-corrected chi connectivity index (χ4v) is 5.76. The Labute approximate surface area is 207 Å². The first kappa shape index (κ1) is 23.6. The quantitative estimate of drug-likeness (QED) is 0.519. The first-order valence-electron chi connectivity index (χ1n) is 10.7. The molecule has 3 heterocycles. The topological polar surface area (TPSA) is 65.8 Å². The van der Waals surface area contributed by atoms with Gasteiger partial charge in [0.15, 0.2) is 11.4 Å². The number of carbonyl (C=O) groups excluding carboxylic acids is 1. The van der Waals surface area contributed by atoms with Gasteiger partial charge in [-0.05, 0) is 41.8 Å². The zero-order valence-electron chi connectivity index (χ0n) is 18.3. The Hall–Kier alpha value is -3.11. The molecule has 6 nitrogen and oxygen atoms in total. The Morgan fingerprint density at radius 1 is 1.11 bits per heavy atom. The van der Waals surface area contributed by atoms with Gasteiger partial charge in [-0.3, -0.25) is 19.3 Å². The second-order valence-electron chi connectivity index (χ2n) is 8.37. The highest BCUT2D eigenvalue weighted by atomic mass is 35.5. The van der Waals surface area contributed by atoms with Crippen molar-refractivity contribution in [3.63, 3.8) is 0 Å². The third kappa shape index (κ3) is 3.94. The number of pyridine rings is 1. The molecule has 2 aliphatic rings. The molecule has 1 amide bonds. The van der Waals surface area contributed by atoms with E-state index in [4.69, 9.17) is 11.6 Å². The molecule has 0 radical (unpaired) electrons. The molecule has 0 bridgehead atoms. The second-order valence-corrected chi connectivity index (χ2v) is 9.82. The molecule has 1 N–H and O–H groups in total. The van der Waals surface area contributed by atoms with Crippen LogP contribution in [0.2, 0.25) is 5.02 Å². The van der Waals surface area contributed by atoms with Gasteiger partial charge in [0.05, 0.1) is 6.04 Å². The van der Waals surface area contributed by atoms with Crippen molar-refractivity contribution in [1.29, 1.82) is 0 Å². The lowest BCUT2D eigenvalue weighted by Gasteiger charge is -2.46. The van der Waals surface area contributed by atoms with Crippen molar-refractivity contribution in [1.82, 2.24) is 9.58 Å². The van der Waals surface area contributed by atoms with Crippen LogP contribution in [0.25, 0.3) is 0 Å². The van der Waals surface area contributed by atoms with E-state index in [2.05, 4.69) is 0 Å². The molecule has 11 heteroatoms. The van der Waals surface area contributed by atoms with Gasteiger partial charge in [-0.15, -0.1) is 11.8 Å². The third-order valence-electron chi connectivity index (χ3n) is 6.33. The Morgan fingerprint density at radius 2 is 1.86 bits per heavy atom. The van der Waals surface area contributed by atoms with E-state index < -0.39 is 47.7 Å². The van der Waals surface area contributed by atoms with Gasteiger partial charge in [0.1, 0.15) is 12.7 Å². The van der Waals surface area contributed by atoms with Gasteiger partial charge in [-0.25, -0.2) is 0 Å². The number of hydrogen-bond donors (Lipinski definition) is 1. The lowest BCUT2D eigenvalue weighted by atomic mass is 9.94. The van der Waals surface area contributed by atoms with Crippen molar-refractivity contribution in [2.75, 3.05) is 11.7 Å². The van der Waals surface area contributed by atoms with Crippen molar-refractivity contribution in [3.05, 3.63) is 92.4 Å². The highest BCUT2D eigenvalue weighted by molar-refractivity contribution is 7.98. The summed E-state index contributed by atoms with van der Waals surface area (Å²) in [5.74, 6) is -1.38. The first-order valence-corrected chi connectivity index (χ1v) is 12.0. The highest BCUT2D eigenvalue weighted by Crippen LogP contribution is 2.44. The van der Waals surface area contributed by atoms with Gasteiger partial charge < -0.3 is 10.0 Å². The molecular formula is C24H19ClF3N3O3S. The minimum Gasteiger partial charge on any atom is -0.502 e. The van der Waals surface area contributed by atoms with Crippen LogP contribution < -0.4 is 10.4 Å². The largest absolute Gasteiger partial charge is 0.502 e. The van der Waals surface area contributed by atoms with E-state index in [0.29, 0.717) is 15.7 Å². The molecule has 0 saturated heterocycles. The lowest BCUT2D eigenvalue weighted by molar-refractivity contribution is -0.173. The van der Waals surface area contributed by atoms with Gasteiger partial charge >= 0.3 is 6.18 Å². The number of nitrogens with zero attached hydrogens (tertiary/aromatic N) is 3. The van der Waals surface area contributed by atoms with Crippen molar-refractivity contribution < 1.29 is 23.1 Å². The molecule has 0 unspecified atom stereocenters. The van der Waals surface area contributed by atoms with Crippen molar-refractivity contribution >= 4 is 29.3 Å². The number of thioether (sulfide) groups is 1. The highest BCUT2D eigenvalue weighted by Gasteiger charge is 2.47. The maximum atomic E-state index is 13.8. The molecule has 2 aliphatic heterocycles. The molecule has 2 aromatic carbocycles. The number of carbonyl (C=O) groups is 1. The zero-order valence-corrected chi connectivity index (χ0v) is 19.9. The van der Waals surface area contributed by atoms with Crippen LogP contribution >= 0.6 is 23.4 Å². The summed E-state index contributed by atoms with van der Waals surface area (Å²) < 4.78 is 42.6. The maximum Gasteiger partial charge on any atom is 0.408 e. The minimum atomic E-state index is -4.71. The molecule has 182 valence electrons. The van der Waals surface area contributed by atoms with Gasteiger partial charge in [0.25, 0.3) is 5.91 Å². The molecule has 2 atom stereocenters. The summed E-state index contributed by atoms with van der Waals surface area (Å²) in [7, 11) is 0. The van der Waals surface area contributed by atoms with Gasteiger partial charge in [0, 0.05) is 27.9 Å². The SMILES string of the molecule is C[C@@H](N1CN([C@H]2c3ccc(Cl)cc3CSc3ccccc32)n2ccc(=O)c(O)c2C1=O)C(F)(F)F. The Bertz CT molecular complexity index is 1390. The number of benzene rings is 2. The van der Waals surface area contributed by atoms with E-state index in [1.54, 1.807) is 22.8 Å². The molecule has 5 rings (SSSR count). The predicted octanol–water partition coefficient (Wildman–Crippen LogP) is 4.90. The van der Waals surface area contributed by atoms with Crippen molar-refractivity contribution in [3.8, 4) is 5.75 Å². The van der Waals surface area contributed by atoms with Gasteiger partial charge in [-0.1, -0.05) is 35.9 Å². The van der Waals surface area contributed by atoms with E-state index >= 15 is 0 Å². The Balaban J connectivity index is 1.78. The van der Waals surface area contributed by atoms with Crippen molar-refractivity contribution in [2.45, 2.75) is 35.8 Å². The summed E-state index contributed by atoms with van der Waals surface area (Å²) in [5, 5.41) is 12.6. The Morgan fingerprint density at radius 3 is 2.60 bits per heavy atom. The van der Waals surface area contributed by atoms with Crippen LogP contribution in [-0.4, -0.2) is 39.5 Å². The van der Waals surface area contributed by atoms with Crippen LogP contribution in [0.3, 0.4) is 0 Å². The molecule has 35 heavy (non-hydrogen) atoms. The zero-order chi connectivity index (χ0) is 25.1. The molecule has 1 aromatic heterocycles. The monoisotopic (exact) mass is 521 g/mol. The summed E-state index contributed by atoms with van der Waals surface area (Å²) in [4.78, 5) is 26.9. The summed E-state index contributed by atoms with van der Waals surface area (Å²) in [6.45, 7) is 0.453. The molecule has 0 spiro atoms. The normalized spacial score (nSPS) is 18.4. The summed E-state index contributed by atoms with van der Waals surface area (Å²) in [6, 6.07) is 11.2. The minimum absolute atomic E-state index is 0.430. The fraction of sp³-hybridized carbons (Fsp3) is 0.250. The van der Waals surface area contributed by atoms with E-state index in [0.717, 1.165) is 34.6 Å². The first-order chi connectivity index (χ1) is 16.6. The summed E-state index contributed by atoms with van der Waals surface area (Å²) >= 11 is 7.83. The van der Waals surface area contributed by atoms with E-state index in [9.17, 15) is 27.9 Å². The van der Waals surface area contributed by atoms with E-state index in [1.807, 2.05) is 36.4 Å². The van der Waals surface area contributed by atoms with Crippen LogP contribution in [0.1, 0.15) is 40.1 Å². The molecule has 3 aromatic rings. The fourth-order valence-electron chi connectivity index (χ4n) is 4.48. The van der Waals surface area contributed by atoms with Crippen molar-refractivity contribution in [2.24, 2.45) is 0 Å². The number of rotatable bonds is 2. The number of halogens is 4. The smallest absolute Gasteiger partial charge is 0.408 e. The van der Waals surface area contributed by atoms with Gasteiger partial charge in [0.2, 0.25) is 5.43 Å². The number of amides is 1. The maximum absolute atomic E-state index is 13.8. The van der Waals surface area contributed by atoms with Crippen LogP contribution in [0.5, 0.6) is 5.75 Å².